The predicted octanol–water partition coefficient (Wildman–Crippen LogP) is 2.87. The lowest BCUT2D eigenvalue weighted by Gasteiger charge is -2.17. The minimum absolute atomic E-state index is 0.0710. The molecule has 4 nitrogen and oxygen atoms in total. The molecule has 20 heavy (non-hydrogen) atoms. The van der Waals surface area contributed by atoms with Gasteiger partial charge in [-0.1, -0.05) is 38.0 Å². The number of amides is 2. The molecule has 0 aliphatic carbocycles. The standard InChI is InChI=1S/C14H18F2N2O2/c1-2-3-7-12(17-9-19)14(20)18-11-8-5-4-6-10(11)13(15)16/h4-6,8-9,12-13H,2-3,7H2,1H3,(H,17,19)(H,18,20). The lowest BCUT2D eigenvalue weighted by molar-refractivity contribution is -0.121. The van der Waals surface area contributed by atoms with Crippen LogP contribution in [-0.2, 0) is 9.59 Å². The van der Waals surface area contributed by atoms with Gasteiger partial charge in [0.05, 0.1) is 0 Å². The summed E-state index contributed by atoms with van der Waals surface area (Å²) in [5.41, 5.74) is -0.164. The van der Waals surface area contributed by atoms with Gasteiger partial charge >= 0.3 is 0 Å². The summed E-state index contributed by atoms with van der Waals surface area (Å²) in [6.07, 6.45) is -0.121. The summed E-state index contributed by atoms with van der Waals surface area (Å²) in [5, 5.41) is 4.85. The average molecular weight is 284 g/mol. The van der Waals surface area contributed by atoms with Crippen LogP contribution in [0.25, 0.3) is 0 Å². The van der Waals surface area contributed by atoms with Crippen molar-refractivity contribution in [2.45, 2.75) is 38.7 Å². The molecule has 1 aromatic rings. The topological polar surface area (TPSA) is 58.2 Å². The Kier molecular flexibility index (Phi) is 6.63. The number of alkyl halides is 2. The molecule has 1 aromatic carbocycles. The molecule has 1 rings (SSSR count). The van der Waals surface area contributed by atoms with Crippen molar-refractivity contribution in [3.8, 4) is 0 Å². The summed E-state index contributed by atoms with van der Waals surface area (Å²) >= 11 is 0. The Morgan fingerprint density at radius 3 is 2.65 bits per heavy atom. The first-order chi connectivity index (χ1) is 9.60. The number of benzene rings is 1. The normalized spacial score (nSPS) is 12.0. The highest BCUT2D eigenvalue weighted by Gasteiger charge is 2.20. The van der Waals surface area contributed by atoms with Crippen molar-refractivity contribution in [3.05, 3.63) is 29.8 Å². The second-order valence-electron chi connectivity index (χ2n) is 4.36. The number of unbranched alkanes of at least 4 members (excludes halogenated alkanes) is 1. The van der Waals surface area contributed by atoms with Crippen LogP contribution in [0.1, 0.15) is 38.2 Å². The van der Waals surface area contributed by atoms with Crippen molar-refractivity contribution < 1.29 is 18.4 Å². The van der Waals surface area contributed by atoms with E-state index in [1.54, 1.807) is 6.07 Å². The van der Waals surface area contributed by atoms with Crippen LogP contribution in [0.15, 0.2) is 24.3 Å². The Bertz CT molecular complexity index is 453. The molecule has 2 amide bonds. The Balaban J connectivity index is 2.79. The van der Waals surface area contributed by atoms with E-state index in [1.165, 1.54) is 18.2 Å². The van der Waals surface area contributed by atoms with Crippen LogP contribution in [0.2, 0.25) is 0 Å². The fourth-order valence-corrected chi connectivity index (χ4v) is 1.80. The molecule has 2 N–H and O–H groups in total. The Hall–Kier alpha value is -1.98. The summed E-state index contributed by atoms with van der Waals surface area (Å²) in [6, 6.07) is 5.01. The number of para-hydroxylation sites is 1. The SMILES string of the molecule is CCCCC(NC=O)C(=O)Nc1ccccc1C(F)F. The minimum Gasteiger partial charge on any atom is -0.347 e. The zero-order chi connectivity index (χ0) is 15.0. The second-order valence-corrected chi connectivity index (χ2v) is 4.36. The molecular weight excluding hydrogens is 266 g/mol. The number of nitrogens with one attached hydrogen (secondary N) is 2. The van der Waals surface area contributed by atoms with Crippen LogP contribution in [0, 0.1) is 0 Å². The third-order valence-electron chi connectivity index (χ3n) is 2.89. The molecular formula is C14H18F2N2O2. The molecule has 1 atom stereocenters. The third kappa shape index (κ3) is 4.60. The summed E-state index contributed by atoms with van der Waals surface area (Å²) < 4.78 is 25.6. The molecule has 6 heteroatoms. The molecule has 0 fully saturated rings. The third-order valence-corrected chi connectivity index (χ3v) is 2.89. The Morgan fingerprint density at radius 2 is 2.05 bits per heavy atom. The molecule has 0 aromatic heterocycles. The highest BCUT2D eigenvalue weighted by atomic mass is 19.3. The monoisotopic (exact) mass is 284 g/mol. The minimum atomic E-state index is -2.67. The van der Waals surface area contributed by atoms with Crippen molar-refractivity contribution in [2.24, 2.45) is 0 Å². The molecule has 0 aliphatic heterocycles. The maximum atomic E-state index is 12.8. The van der Waals surface area contributed by atoms with E-state index in [2.05, 4.69) is 10.6 Å². The van der Waals surface area contributed by atoms with Crippen LogP contribution in [0.4, 0.5) is 14.5 Å². The molecule has 110 valence electrons. The van der Waals surface area contributed by atoms with E-state index >= 15 is 0 Å². The Labute approximate surface area is 116 Å². The summed E-state index contributed by atoms with van der Waals surface area (Å²) in [4.78, 5) is 22.5. The molecule has 0 saturated heterocycles. The van der Waals surface area contributed by atoms with Gasteiger partial charge in [0, 0.05) is 11.3 Å². The molecule has 0 radical (unpaired) electrons. The molecule has 0 spiro atoms. The maximum absolute atomic E-state index is 12.8. The van der Waals surface area contributed by atoms with E-state index in [0.717, 1.165) is 12.8 Å². The Morgan fingerprint density at radius 1 is 1.35 bits per heavy atom. The van der Waals surface area contributed by atoms with E-state index in [9.17, 15) is 18.4 Å². The van der Waals surface area contributed by atoms with Crippen LogP contribution in [0.3, 0.4) is 0 Å². The van der Waals surface area contributed by atoms with Gasteiger partial charge in [0.1, 0.15) is 6.04 Å². The number of anilines is 1. The molecule has 0 saturated carbocycles. The van der Waals surface area contributed by atoms with Gasteiger partial charge in [-0.05, 0) is 12.5 Å². The molecule has 0 aliphatic rings. The second kappa shape index (κ2) is 8.24. The van der Waals surface area contributed by atoms with Crippen molar-refractivity contribution in [2.75, 3.05) is 5.32 Å². The summed E-state index contributed by atoms with van der Waals surface area (Å²) in [5.74, 6) is -0.487. The van der Waals surface area contributed by atoms with Gasteiger partial charge in [0.15, 0.2) is 0 Å². The molecule has 0 heterocycles. The fourth-order valence-electron chi connectivity index (χ4n) is 1.80. The van der Waals surface area contributed by atoms with E-state index in [0.29, 0.717) is 12.8 Å². The highest BCUT2D eigenvalue weighted by molar-refractivity contribution is 5.96. The lowest BCUT2D eigenvalue weighted by Crippen LogP contribution is -2.39. The number of carbonyl (C=O) groups excluding carboxylic acids is 2. The first kappa shape index (κ1) is 16.1. The van der Waals surface area contributed by atoms with Crippen LogP contribution in [0.5, 0.6) is 0 Å². The maximum Gasteiger partial charge on any atom is 0.265 e. The van der Waals surface area contributed by atoms with Gasteiger partial charge in [-0.3, -0.25) is 9.59 Å². The number of carbonyl (C=O) groups is 2. The van der Waals surface area contributed by atoms with Crippen LogP contribution < -0.4 is 10.6 Å². The van der Waals surface area contributed by atoms with E-state index < -0.39 is 18.4 Å². The first-order valence-electron chi connectivity index (χ1n) is 6.47. The van der Waals surface area contributed by atoms with Gasteiger partial charge in [-0.15, -0.1) is 0 Å². The van der Waals surface area contributed by atoms with Crippen molar-refractivity contribution in [3.63, 3.8) is 0 Å². The number of hydrogen-bond acceptors (Lipinski definition) is 2. The largest absolute Gasteiger partial charge is 0.347 e. The van der Waals surface area contributed by atoms with Crippen LogP contribution in [-0.4, -0.2) is 18.4 Å². The van der Waals surface area contributed by atoms with Gasteiger partial charge in [0.2, 0.25) is 12.3 Å². The van der Waals surface area contributed by atoms with E-state index in [4.69, 9.17) is 0 Å². The molecule has 0 bridgehead atoms. The molecule has 1 unspecified atom stereocenters. The van der Waals surface area contributed by atoms with E-state index in [1.807, 2.05) is 6.92 Å². The highest BCUT2D eigenvalue weighted by Crippen LogP contribution is 2.26. The van der Waals surface area contributed by atoms with Crippen LogP contribution >= 0.6 is 0 Å². The number of halogens is 2. The predicted molar refractivity (Wildman–Crippen MR) is 72.5 cm³/mol. The number of rotatable bonds is 8. The van der Waals surface area contributed by atoms with Crippen molar-refractivity contribution in [1.82, 2.24) is 5.32 Å². The van der Waals surface area contributed by atoms with Crippen molar-refractivity contribution in [1.29, 1.82) is 0 Å². The summed E-state index contributed by atoms with van der Waals surface area (Å²) in [7, 11) is 0. The zero-order valence-corrected chi connectivity index (χ0v) is 11.2. The van der Waals surface area contributed by atoms with Gasteiger partial charge in [0.25, 0.3) is 6.43 Å². The van der Waals surface area contributed by atoms with Gasteiger partial charge in [-0.2, -0.15) is 0 Å². The first-order valence-corrected chi connectivity index (χ1v) is 6.47. The lowest BCUT2D eigenvalue weighted by atomic mass is 10.1. The quantitative estimate of drug-likeness (QED) is 0.721. The van der Waals surface area contributed by atoms with Gasteiger partial charge < -0.3 is 10.6 Å². The van der Waals surface area contributed by atoms with E-state index in [-0.39, 0.29) is 11.3 Å². The van der Waals surface area contributed by atoms with Crippen molar-refractivity contribution >= 4 is 18.0 Å². The zero-order valence-electron chi connectivity index (χ0n) is 11.2. The van der Waals surface area contributed by atoms with Gasteiger partial charge in [-0.25, -0.2) is 8.78 Å². The summed E-state index contributed by atoms with van der Waals surface area (Å²) in [6.45, 7) is 1.96. The average Bonchev–Trinajstić information content (AvgIpc) is 2.43. The number of hydrogen-bond donors (Lipinski definition) is 2. The smallest absolute Gasteiger partial charge is 0.265 e. The fraction of sp³-hybridized carbons (Fsp3) is 0.429.